The lowest BCUT2D eigenvalue weighted by atomic mass is 9.77. The van der Waals surface area contributed by atoms with E-state index in [0.29, 0.717) is 18.8 Å². The van der Waals surface area contributed by atoms with Crippen LogP contribution in [-0.4, -0.2) is 22.5 Å². The van der Waals surface area contributed by atoms with Gasteiger partial charge in [-0.15, -0.1) is 0 Å². The molecule has 18 heavy (non-hydrogen) atoms. The van der Waals surface area contributed by atoms with Crippen LogP contribution >= 0.6 is 0 Å². The number of carboxylic acid groups (broad SMARTS) is 1. The lowest BCUT2D eigenvalue weighted by Gasteiger charge is -2.36. The van der Waals surface area contributed by atoms with Crippen molar-refractivity contribution >= 4 is 11.9 Å². The van der Waals surface area contributed by atoms with Gasteiger partial charge in [-0.2, -0.15) is 0 Å². The van der Waals surface area contributed by atoms with Crippen molar-refractivity contribution in [1.29, 1.82) is 0 Å². The van der Waals surface area contributed by atoms with Crippen LogP contribution in [0.2, 0.25) is 0 Å². The van der Waals surface area contributed by atoms with Crippen molar-refractivity contribution in [3.63, 3.8) is 0 Å². The van der Waals surface area contributed by atoms with E-state index in [9.17, 15) is 14.7 Å². The van der Waals surface area contributed by atoms with E-state index in [0.717, 1.165) is 12.8 Å². The standard InChI is InChI=1S/C13H17NO4/c1-9-4-6-13(7-5-9,12(16)17)14-11(15)10-3-2-8-18-10/h2-3,8-9H,4-7H2,1H3,(H,14,15)(H,16,17). The van der Waals surface area contributed by atoms with Crippen molar-refractivity contribution in [3.05, 3.63) is 24.2 Å². The molecule has 1 amide bonds. The van der Waals surface area contributed by atoms with E-state index >= 15 is 0 Å². The van der Waals surface area contributed by atoms with Crippen molar-refractivity contribution in [3.8, 4) is 0 Å². The van der Waals surface area contributed by atoms with Crippen LogP contribution in [0.15, 0.2) is 22.8 Å². The van der Waals surface area contributed by atoms with Gasteiger partial charge in [0.1, 0.15) is 5.54 Å². The molecular weight excluding hydrogens is 234 g/mol. The average Bonchev–Trinajstić information content (AvgIpc) is 2.85. The molecule has 0 spiro atoms. The van der Waals surface area contributed by atoms with Crippen LogP contribution in [0.5, 0.6) is 0 Å². The van der Waals surface area contributed by atoms with Crippen molar-refractivity contribution in [2.24, 2.45) is 5.92 Å². The van der Waals surface area contributed by atoms with Crippen molar-refractivity contribution in [2.75, 3.05) is 0 Å². The first kappa shape index (κ1) is 12.7. The highest BCUT2D eigenvalue weighted by molar-refractivity contribution is 5.95. The van der Waals surface area contributed by atoms with Gasteiger partial charge < -0.3 is 14.8 Å². The number of hydrogen-bond donors (Lipinski definition) is 2. The smallest absolute Gasteiger partial charge is 0.329 e. The van der Waals surface area contributed by atoms with Gasteiger partial charge in [-0.05, 0) is 43.7 Å². The van der Waals surface area contributed by atoms with E-state index < -0.39 is 17.4 Å². The van der Waals surface area contributed by atoms with Crippen LogP contribution in [-0.2, 0) is 4.79 Å². The summed E-state index contributed by atoms with van der Waals surface area (Å²) in [5, 5.41) is 12.0. The van der Waals surface area contributed by atoms with Crippen molar-refractivity contribution < 1.29 is 19.1 Å². The summed E-state index contributed by atoms with van der Waals surface area (Å²) in [6.45, 7) is 2.10. The number of amides is 1. The maximum absolute atomic E-state index is 11.9. The predicted molar refractivity (Wildman–Crippen MR) is 64.2 cm³/mol. The highest BCUT2D eigenvalue weighted by atomic mass is 16.4. The van der Waals surface area contributed by atoms with E-state index in [2.05, 4.69) is 12.2 Å². The molecule has 5 nitrogen and oxygen atoms in total. The molecule has 1 fully saturated rings. The molecule has 0 unspecified atom stereocenters. The number of hydrogen-bond acceptors (Lipinski definition) is 3. The number of carbonyl (C=O) groups is 2. The summed E-state index contributed by atoms with van der Waals surface area (Å²) in [5.74, 6) is -0.765. The van der Waals surface area contributed by atoms with Crippen LogP contribution in [0.4, 0.5) is 0 Å². The van der Waals surface area contributed by atoms with Crippen LogP contribution in [0, 0.1) is 5.92 Å². The third-order valence-electron chi connectivity index (χ3n) is 3.63. The topological polar surface area (TPSA) is 79.5 Å². The van der Waals surface area contributed by atoms with E-state index in [1.54, 1.807) is 6.07 Å². The number of furan rings is 1. The average molecular weight is 251 g/mol. The molecule has 0 saturated heterocycles. The maximum Gasteiger partial charge on any atom is 0.329 e. The Balaban J connectivity index is 2.12. The summed E-state index contributed by atoms with van der Waals surface area (Å²) in [4.78, 5) is 23.3. The molecule has 2 rings (SSSR count). The summed E-state index contributed by atoms with van der Waals surface area (Å²) < 4.78 is 4.98. The molecule has 1 aromatic rings. The molecule has 0 aliphatic heterocycles. The van der Waals surface area contributed by atoms with Gasteiger partial charge in [0.25, 0.3) is 5.91 Å². The van der Waals surface area contributed by atoms with Crippen LogP contribution in [0.25, 0.3) is 0 Å². The second-order valence-electron chi connectivity index (χ2n) is 5.00. The summed E-state index contributed by atoms with van der Waals surface area (Å²) in [6, 6.07) is 3.13. The lowest BCUT2D eigenvalue weighted by Crippen LogP contribution is -2.56. The van der Waals surface area contributed by atoms with E-state index in [4.69, 9.17) is 4.42 Å². The molecule has 1 aliphatic carbocycles. The molecular formula is C13H17NO4. The normalized spacial score (nSPS) is 27.7. The largest absolute Gasteiger partial charge is 0.480 e. The molecule has 1 heterocycles. The number of nitrogens with one attached hydrogen (secondary N) is 1. The van der Waals surface area contributed by atoms with Crippen LogP contribution in [0.1, 0.15) is 43.2 Å². The Morgan fingerprint density at radius 1 is 1.44 bits per heavy atom. The first-order chi connectivity index (χ1) is 8.53. The molecule has 0 aromatic carbocycles. The zero-order valence-electron chi connectivity index (χ0n) is 10.3. The monoisotopic (exact) mass is 251 g/mol. The van der Waals surface area contributed by atoms with E-state index in [1.807, 2.05) is 0 Å². The van der Waals surface area contributed by atoms with Gasteiger partial charge in [0.2, 0.25) is 0 Å². The molecule has 1 aromatic heterocycles. The first-order valence-corrected chi connectivity index (χ1v) is 6.13. The second kappa shape index (κ2) is 4.84. The Bertz CT molecular complexity index is 430. The summed E-state index contributed by atoms with van der Waals surface area (Å²) in [5.41, 5.74) is -1.14. The summed E-state index contributed by atoms with van der Waals surface area (Å²) >= 11 is 0. The second-order valence-corrected chi connectivity index (χ2v) is 5.00. The first-order valence-electron chi connectivity index (χ1n) is 6.13. The minimum atomic E-state index is -1.14. The Morgan fingerprint density at radius 2 is 2.11 bits per heavy atom. The van der Waals surface area contributed by atoms with Crippen LogP contribution < -0.4 is 5.32 Å². The quantitative estimate of drug-likeness (QED) is 0.861. The molecule has 1 saturated carbocycles. The fraction of sp³-hybridized carbons (Fsp3) is 0.538. The molecule has 0 bridgehead atoms. The highest BCUT2D eigenvalue weighted by Gasteiger charge is 2.42. The number of aliphatic carboxylic acids is 1. The maximum atomic E-state index is 11.9. The Labute approximate surface area is 105 Å². The molecule has 5 heteroatoms. The van der Waals surface area contributed by atoms with Crippen molar-refractivity contribution in [2.45, 2.75) is 38.1 Å². The van der Waals surface area contributed by atoms with Gasteiger partial charge in [-0.3, -0.25) is 4.79 Å². The third kappa shape index (κ3) is 2.39. The highest BCUT2D eigenvalue weighted by Crippen LogP contribution is 2.32. The fourth-order valence-corrected chi connectivity index (χ4v) is 2.33. The minimum Gasteiger partial charge on any atom is -0.480 e. The zero-order valence-corrected chi connectivity index (χ0v) is 10.3. The molecule has 2 N–H and O–H groups in total. The number of carbonyl (C=O) groups excluding carboxylic acids is 1. The third-order valence-corrected chi connectivity index (χ3v) is 3.63. The molecule has 1 aliphatic rings. The summed E-state index contributed by atoms with van der Waals surface area (Å²) in [7, 11) is 0. The van der Waals surface area contributed by atoms with Gasteiger partial charge in [-0.25, -0.2) is 4.79 Å². The van der Waals surface area contributed by atoms with Gasteiger partial charge in [0, 0.05) is 0 Å². The van der Waals surface area contributed by atoms with Crippen LogP contribution in [0.3, 0.4) is 0 Å². The van der Waals surface area contributed by atoms with E-state index in [1.165, 1.54) is 12.3 Å². The molecule has 0 atom stereocenters. The fourth-order valence-electron chi connectivity index (χ4n) is 2.33. The predicted octanol–water partition coefficient (Wildman–Crippen LogP) is 2.04. The lowest BCUT2D eigenvalue weighted by molar-refractivity contribution is -0.146. The van der Waals surface area contributed by atoms with Gasteiger partial charge in [-0.1, -0.05) is 6.92 Å². The van der Waals surface area contributed by atoms with Gasteiger partial charge in [0.15, 0.2) is 5.76 Å². The molecule has 98 valence electrons. The van der Waals surface area contributed by atoms with E-state index in [-0.39, 0.29) is 5.76 Å². The SMILES string of the molecule is CC1CCC(NC(=O)c2ccco2)(C(=O)O)CC1. The Hall–Kier alpha value is -1.78. The van der Waals surface area contributed by atoms with Gasteiger partial charge >= 0.3 is 5.97 Å². The van der Waals surface area contributed by atoms with Gasteiger partial charge in [0.05, 0.1) is 6.26 Å². The number of rotatable bonds is 3. The summed E-state index contributed by atoms with van der Waals surface area (Å²) in [6.07, 6.45) is 3.95. The Morgan fingerprint density at radius 3 is 2.61 bits per heavy atom. The van der Waals surface area contributed by atoms with Crippen molar-refractivity contribution in [1.82, 2.24) is 5.32 Å². The zero-order chi connectivity index (χ0) is 13.2. The number of carboxylic acids is 1. The molecule has 0 radical (unpaired) electrons. The minimum absolute atomic E-state index is 0.147. The Kier molecular flexibility index (Phi) is 3.41.